The standard InChI is InChI=1S/C16H19FN2O4S/c1-12(16(21)19-7-9-24(22,23)10-8-19)18-15(20)6-5-13-3-2-4-14(17)11-13/h2-6,11-12H,7-10H2,1H3,(H,18,20)/b6-5+. The fraction of sp³-hybridized carbons (Fsp3) is 0.375. The minimum Gasteiger partial charge on any atom is -0.341 e. The number of carbonyl (C=O) groups excluding carboxylic acids is 2. The number of amides is 2. The lowest BCUT2D eigenvalue weighted by Crippen LogP contribution is -2.51. The molecule has 0 radical (unpaired) electrons. The molecule has 0 aromatic heterocycles. The first-order valence-corrected chi connectivity index (χ1v) is 9.32. The van der Waals surface area contributed by atoms with Crippen LogP contribution in [-0.4, -0.2) is 55.8 Å². The topological polar surface area (TPSA) is 83.6 Å². The summed E-state index contributed by atoms with van der Waals surface area (Å²) in [4.78, 5) is 25.5. The SMILES string of the molecule is CC(NC(=O)/C=C/c1cccc(F)c1)C(=O)N1CCS(=O)(=O)CC1. The molecule has 0 aliphatic carbocycles. The van der Waals surface area contributed by atoms with Crippen LogP contribution in [0.15, 0.2) is 30.3 Å². The van der Waals surface area contributed by atoms with Gasteiger partial charge in [0.1, 0.15) is 11.9 Å². The molecule has 6 nitrogen and oxygen atoms in total. The van der Waals surface area contributed by atoms with Crippen molar-refractivity contribution in [3.8, 4) is 0 Å². The Bertz CT molecular complexity index is 747. The van der Waals surface area contributed by atoms with Gasteiger partial charge in [-0.15, -0.1) is 0 Å². The van der Waals surface area contributed by atoms with Crippen molar-refractivity contribution in [3.63, 3.8) is 0 Å². The molecule has 1 unspecified atom stereocenters. The molecule has 0 bridgehead atoms. The van der Waals surface area contributed by atoms with Crippen molar-refractivity contribution in [1.82, 2.24) is 10.2 Å². The van der Waals surface area contributed by atoms with Crippen LogP contribution < -0.4 is 5.32 Å². The van der Waals surface area contributed by atoms with Crippen LogP contribution >= 0.6 is 0 Å². The number of rotatable bonds is 4. The van der Waals surface area contributed by atoms with E-state index >= 15 is 0 Å². The average molecular weight is 354 g/mol. The van der Waals surface area contributed by atoms with E-state index in [0.717, 1.165) is 0 Å². The molecule has 1 saturated heterocycles. The van der Waals surface area contributed by atoms with Gasteiger partial charge in [0, 0.05) is 19.2 Å². The Hall–Kier alpha value is -2.22. The second-order valence-electron chi connectivity index (χ2n) is 5.60. The Balaban J connectivity index is 1.88. The quantitative estimate of drug-likeness (QED) is 0.803. The molecule has 1 N–H and O–H groups in total. The summed E-state index contributed by atoms with van der Waals surface area (Å²) < 4.78 is 35.8. The van der Waals surface area contributed by atoms with E-state index in [1.54, 1.807) is 13.0 Å². The van der Waals surface area contributed by atoms with Gasteiger partial charge in [-0.1, -0.05) is 12.1 Å². The van der Waals surface area contributed by atoms with E-state index in [0.29, 0.717) is 5.56 Å². The highest BCUT2D eigenvalue weighted by Crippen LogP contribution is 2.07. The normalized spacial score (nSPS) is 18.3. The Morgan fingerprint density at radius 2 is 1.96 bits per heavy atom. The lowest BCUT2D eigenvalue weighted by molar-refractivity contribution is -0.134. The third-order valence-electron chi connectivity index (χ3n) is 3.66. The maximum atomic E-state index is 13.0. The Morgan fingerprint density at radius 3 is 2.58 bits per heavy atom. The van der Waals surface area contributed by atoms with E-state index in [9.17, 15) is 22.4 Å². The highest BCUT2D eigenvalue weighted by Gasteiger charge is 2.28. The number of hydrogen-bond acceptors (Lipinski definition) is 4. The summed E-state index contributed by atoms with van der Waals surface area (Å²) in [5.41, 5.74) is 0.533. The summed E-state index contributed by atoms with van der Waals surface area (Å²) >= 11 is 0. The number of nitrogens with one attached hydrogen (secondary N) is 1. The van der Waals surface area contributed by atoms with Crippen LogP contribution in [0.5, 0.6) is 0 Å². The molecule has 1 heterocycles. The van der Waals surface area contributed by atoms with E-state index in [2.05, 4.69) is 5.32 Å². The fourth-order valence-corrected chi connectivity index (χ4v) is 3.51. The Morgan fingerprint density at radius 1 is 1.29 bits per heavy atom. The first-order valence-electron chi connectivity index (χ1n) is 7.50. The maximum Gasteiger partial charge on any atom is 0.244 e. The summed E-state index contributed by atoms with van der Waals surface area (Å²) in [5, 5.41) is 2.52. The first-order chi connectivity index (χ1) is 11.3. The minimum absolute atomic E-state index is 0.0567. The summed E-state index contributed by atoms with van der Waals surface area (Å²) in [6.07, 6.45) is 2.67. The first kappa shape index (κ1) is 18.1. The van der Waals surface area contributed by atoms with Crippen LogP contribution in [0.1, 0.15) is 12.5 Å². The van der Waals surface area contributed by atoms with Gasteiger partial charge in [0.15, 0.2) is 9.84 Å². The van der Waals surface area contributed by atoms with Crippen molar-refractivity contribution >= 4 is 27.7 Å². The zero-order valence-corrected chi connectivity index (χ0v) is 14.1. The molecule has 2 rings (SSSR count). The van der Waals surface area contributed by atoms with Crippen LogP contribution in [0.3, 0.4) is 0 Å². The Labute approximate surface area is 140 Å². The number of hydrogen-bond donors (Lipinski definition) is 1. The predicted molar refractivity (Wildman–Crippen MR) is 88.3 cm³/mol. The molecule has 0 saturated carbocycles. The van der Waals surface area contributed by atoms with Gasteiger partial charge < -0.3 is 10.2 Å². The third-order valence-corrected chi connectivity index (χ3v) is 5.27. The summed E-state index contributed by atoms with van der Waals surface area (Å²) in [7, 11) is -3.06. The van der Waals surface area contributed by atoms with Gasteiger partial charge in [-0.25, -0.2) is 12.8 Å². The van der Waals surface area contributed by atoms with Gasteiger partial charge in [0.05, 0.1) is 11.5 Å². The molecule has 1 aromatic rings. The second kappa shape index (κ2) is 7.57. The second-order valence-corrected chi connectivity index (χ2v) is 7.90. The summed E-state index contributed by atoms with van der Waals surface area (Å²) in [6.45, 7) is 1.82. The third kappa shape index (κ3) is 5.16. The van der Waals surface area contributed by atoms with Crippen molar-refractivity contribution in [3.05, 3.63) is 41.7 Å². The smallest absolute Gasteiger partial charge is 0.244 e. The average Bonchev–Trinajstić information content (AvgIpc) is 2.52. The largest absolute Gasteiger partial charge is 0.341 e. The number of nitrogens with zero attached hydrogens (tertiary/aromatic N) is 1. The van der Waals surface area contributed by atoms with E-state index in [1.807, 2.05) is 0 Å². The fourth-order valence-electron chi connectivity index (χ4n) is 2.31. The van der Waals surface area contributed by atoms with Gasteiger partial charge in [0.2, 0.25) is 11.8 Å². The van der Waals surface area contributed by atoms with Crippen molar-refractivity contribution in [2.45, 2.75) is 13.0 Å². The number of carbonyl (C=O) groups is 2. The van der Waals surface area contributed by atoms with E-state index in [4.69, 9.17) is 0 Å². The predicted octanol–water partition coefficient (Wildman–Crippen LogP) is 0.601. The highest BCUT2D eigenvalue weighted by atomic mass is 32.2. The van der Waals surface area contributed by atoms with Crippen molar-refractivity contribution < 1.29 is 22.4 Å². The van der Waals surface area contributed by atoms with Gasteiger partial charge >= 0.3 is 0 Å². The summed E-state index contributed by atoms with van der Waals surface area (Å²) in [5.74, 6) is -1.32. The van der Waals surface area contributed by atoms with E-state index in [-0.39, 0.29) is 30.5 Å². The van der Waals surface area contributed by atoms with Crippen LogP contribution in [0, 0.1) is 5.82 Å². The highest BCUT2D eigenvalue weighted by molar-refractivity contribution is 7.91. The molecule has 1 aromatic carbocycles. The molecule has 1 aliphatic rings. The van der Waals surface area contributed by atoms with Crippen molar-refractivity contribution in [2.24, 2.45) is 0 Å². The van der Waals surface area contributed by atoms with E-state index < -0.39 is 27.6 Å². The van der Waals surface area contributed by atoms with Crippen LogP contribution in [-0.2, 0) is 19.4 Å². The number of halogens is 1. The molecule has 2 amide bonds. The lowest BCUT2D eigenvalue weighted by atomic mass is 10.2. The van der Waals surface area contributed by atoms with Crippen LogP contribution in [0.2, 0.25) is 0 Å². The maximum absolute atomic E-state index is 13.0. The molecule has 0 spiro atoms. The Kier molecular flexibility index (Phi) is 5.71. The molecular formula is C16H19FN2O4S. The van der Waals surface area contributed by atoms with Gasteiger partial charge in [0.25, 0.3) is 0 Å². The van der Waals surface area contributed by atoms with Gasteiger partial charge in [-0.05, 0) is 30.7 Å². The zero-order chi connectivity index (χ0) is 17.7. The summed E-state index contributed by atoms with van der Waals surface area (Å²) in [6, 6.07) is 5.00. The molecule has 1 aliphatic heterocycles. The van der Waals surface area contributed by atoms with Crippen LogP contribution in [0.4, 0.5) is 4.39 Å². The number of sulfone groups is 1. The minimum atomic E-state index is -3.06. The van der Waals surface area contributed by atoms with Crippen molar-refractivity contribution in [1.29, 1.82) is 0 Å². The van der Waals surface area contributed by atoms with Gasteiger partial charge in [-0.2, -0.15) is 0 Å². The zero-order valence-electron chi connectivity index (χ0n) is 13.2. The van der Waals surface area contributed by atoms with Crippen molar-refractivity contribution in [2.75, 3.05) is 24.6 Å². The van der Waals surface area contributed by atoms with Gasteiger partial charge in [-0.3, -0.25) is 9.59 Å². The molecular weight excluding hydrogens is 335 g/mol. The molecule has 130 valence electrons. The molecule has 24 heavy (non-hydrogen) atoms. The molecule has 8 heteroatoms. The van der Waals surface area contributed by atoms with E-state index in [1.165, 1.54) is 35.3 Å². The lowest BCUT2D eigenvalue weighted by Gasteiger charge is -2.29. The monoisotopic (exact) mass is 354 g/mol. The molecule has 1 fully saturated rings. The van der Waals surface area contributed by atoms with Crippen LogP contribution in [0.25, 0.3) is 6.08 Å². The molecule has 1 atom stereocenters. The number of benzene rings is 1.